The Morgan fingerprint density at radius 2 is 2.05 bits per heavy atom. The zero-order valence-corrected chi connectivity index (χ0v) is 14.1. The van der Waals surface area contributed by atoms with Crippen molar-refractivity contribution in [3.05, 3.63) is 28.5 Å². The minimum Gasteiger partial charge on any atom is -0.207 e. The monoisotopic (exact) mass is 353 g/mol. The fraction of sp³-hybridized carbons (Fsp3) is 0.571. The summed E-state index contributed by atoms with van der Waals surface area (Å²) >= 11 is 11.5. The van der Waals surface area contributed by atoms with E-state index in [1.54, 1.807) is 6.92 Å². The van der Waals surface area contributed by atoms with Crippen LogP contribution in [0.25, 0.3) is 0 Å². The Morgan fingerprint density at radius 1 is 1.38 bits per heavy atom. The van der Waals surface area contributed by atoms with Crippen molar-refractivity contribution in [3.63, 3.8) is 0 Å². The number of hydrogen-bond donors (Lipinski definition) is 0. The zero-order valence-electron chi connectivity index (χ0n) is 11.8. The summed E-state index contributed by atoms with van der Waals surface area (Å²) in [7, 11) is -3.72. The molecule has 0 atom stereocenters. The van der Waals surface area contributed by atoms with Gasteiger partial charge in [0.25, 0.3) is 0 Å². The normalized spacial score (nSPS) is 16.2. The summed E-state index contributed by atoms with van der Waals surface area (Å²) in [6, 6.07) is 2.33. The molecule has 0 saturated heterocycles. The van der Waals surface area contributed by atoms with Gasteiger partial charge in [0, 0.05) is 19.0 Å². The van der Waals surface area contributed by atoms with Crippen LogP contribution in [0.3, 0.4) is 0 Å². The van der Waals surface area contributed by atoms with Gasteiger partial charge in [-0.2, -0.15) is 4.31 Å². The Morgan fingerprint density at radius 3 is 2.52 bits per heavy atom. The van der Waals surface area contributed by atoms with E-state index >= 15 is 0 Å². The average Bonchev–Trinajstić information content (AvgIpc) is 2.40. The first-order valence-electron chi connectivity index (χ1n) is 6.94. The highest BCUT2D eigenvalue weighted by molar-refractivity contribution is 7.89. The number of benzene rings is 1. The molecule has 1 fully saturated rings. The lowest BCUT2D eigenvalue weighted by Crippen LogP contribution is -2.37. The van der Waals surface area contributed by atoms with E-state index in [0.29, 0.717) is 19.0 Å². The van der Waals surface area contributed by atoms with Crippen LogP contribution in [0.5, 0.6) is 0 Å². The van der Waals surface area contributed by atoms with Crippen LogP contribution < -0.4 is 0 Å². The molecular formula is C14H18Cl2FNO2S. The summed E-state index contributed by atoms with van der Waals surface area (Å²) < 4.78 is 40.5. The summed E-state index contributed by atoms with van der Waals surface area (Å²) in [4.78, 5) is -0.0822. The standard InChI is InChI=1S/C14H18Cl2FNO2S/c1-2-18(9-10-4-3-5-10)21(19,20)12-6-11(8-15)14(16)13(17)7-12/h6-7,10H,2-5,8-9H2,1H3. The smallest absolute Gasteiger partial charge is 0.207 e. The van der Waals surface area contributed by atoms with Gasteiger partial charge in [-0.1, -0.05) is 24.9 Å². The van der Waals surface area contributed by atoms with Crippen molar-refractivity contribution in [2.24, 2.45) is 5.92 Å². The Hall–Kier alpha value is -0.360. The molecule has 0 unspecified atom stereocenters. The first-order valence-corrected chi connectivity index (χ1v) is 9.29. The molecule has 21 heavy (non-hydrogen) atoms. The van der Waals surface area contributed by atoms with Gasteiger partial charge in [0.15, 0.2) is 0 Å². The van der Waals surface area contributed by atoms with Crippen LogP contribution in [0.1, 0.15) is 31.7 Å². The number of halogens is 3. The lowest BCUT2D eigenvalue weighted by Gasteiger charge is -2.31. The van der Waals surface area contributed by atoms with Gasteiger partial charge < -0.3 is 0 Å². The molecule has 0 N–H and O–H groups in total. The molecule has 1 aliphatic carbocycles. The largest absolute Gasteiger partial charge is 0.243 e. The van der Waals surface area contributed by atoms with Crippen LogP contribution in [0.15, 0.2) is 17.0 Å². The second kappa shape index (κ2) is 6.82. The Balaban J connectivity index is 2.34. The predicted octanol–water partition coefficient (Wildman–Crippen LogP) is 4.03. The Kier molecular flexibility index (Phi) is 5.52. The van der Waals surface area contributed by atoms with Gasteiger partial charge in [-0.25, -0.2) is 12.8 Å². The van der Waals surface area contributed by atoms with Gasteiger partial charge in [-0.15, -0.1) is 11.6 Å². The zero-order chi connectivity index (χ0) is 15.6. The van der Waals surface area contributed by atoms with Crippen LogP contribution in [0, 0.1) is 11.7 Å². The molecule has 2 rings (SSSR count). The summed E-state index contributed by atoms with van der Waals surface area (Å²) in [5, 5.41) is -0.119. The lowest BCUT2D eigenvalue weighted by atomic mass is 9.85. The predicted molar refractivity (Wildman–Crippen MR) is 82.7 cm³/mol. The molecule has 118 valence electrons. The van der Waals surface area contributed by atoms with Crippen LogP contribution in [0.2, 0.25) is 5.02 Å². The fourth-order valence-corrected chi connectivity index (χ4v) is 4.42. The molecule has 1 aromatic carbocycles. The maximum absolute atomic E-state index is 13.8. The number of nitrogens with zero attached hydrogens (tertiary/aromatic N) is 1. The van der Waals surface area contributed by atoms with Crippen molar-refractivity contribution in [2.75, 3.05) is 13.1 Å². The van der Waals surface area contributed by atoms with Crippen molar-refractivity contribution in [1.82, 2.24) is 4.31 Å². The van der Waals surface area contributed by atoms with Crippen LogP contribution >= 0.6 is 23.2 Å². The highest BCUT2D eigenvalue weighted by atomic mass is 35.5. The molecule has 0 heterocycles. The topological polar surface area (TPSA) is 37.4 Å². The van der Waals surface area contributed by atoms with Crippen molar-refractivity contribution in [3.8, 4) is 0 Å². The van der Waals surface area contributed by atoms with Gasteiger partial charge in [0.2, 0.25) is 10.0 Å². The van der Waals surface area contributed by atoms with Crippen molar-refractivity contribution < 1.29 is 12.8 Å². The summed E-state index contributed by atoms with van der Waals surface area (Å²) in [6.07, 6.45) is 3.25. The van der Waals surface area contributed by atoms with Crippen molar-refractivity contribution >= 4 is 33.2 Å². The first-order chi connectivity index (χ1) is 9.90. The number of hydrogen-bond acceptors (Lipinski definition) is 2. The molecule has 0 radical (unpaired) electrons. The van der Waals surface area contributed by atoms with Gasteiger partial charge in [-0.3, -0.25) is 0 Å². The van der Waals surface area contributed by atoms with E-state index < -0.39 is 15.8 Å². The van der Waals surface area contributed by atoms with Crippen LogP contribution in [-0.4, -0.2) is 25.8 Å². The maximum Gasteiger partial charge on any atom is 0.243 e. The molecule has 0 aromatic heterocycles. The molecule has 0 spiro atoms. The molecule has 0 amide bonds. The Labute approximate surface area is 135 Å². The SMILES string of the molecule is CCN(CC1CCC1)S(=O)(=O)c1cc(F)c(Cl)c(CCl)c1. The number of rotatable bonds is 6. The van der Waals surface area contributed by atoms with Gasteiger partial charge in [-0.05, 0) is 36.5 Å². The first kappa shape index (κ1) is 17.0. The molecular weight excluding hydrogens is 336 g/mol. The van der Waals surface area contributed by atoms with E-state index in [1.165, 1.54) is 10.4 Å². The summed E-state index contributed by atoms with van der Waals surface area (Å²) in [5.41, 5.74) is 0.289. The Bertz CT molecular complexity index is 618. The molecule has 0 aliphatic heterocycles. The average molecular weight is 354 g/mol. The minimum absolute atomic E-state index is 0.0339. The van der Waals surface area contributed by atoms with Crippen molar-refractivity contribution in [1.29, 1.82) is 0 Å². The molecule has 1 aliphatic rings. The fourth-order valence-electron chi connectivity index (χ4n) is 2.37. The molecule has 0 bridgehead atoms. The van der Waals surface area contributed by atoms with Gasteiger partial charge >= 0.3 is 0 Å². The van der Waals surface area contributed by atoms with E-state index in [-0.39, 0.29) is 21.4 Å². The summed E-state index contributed by atoms with van der Waals surface area (Å²) in [5.74, 6) is -0.383. The van der Waals surface area contributed by atoms with Crippen molar-refractivity contribution in [2.45, 2.75) is 37.0 Å². The van der Waals surface area contributed by atoms with E-state index in [1.807, 2.05) is 0 Å². The number of alkyl halides is 1. The summed E-state index contributed by atoms with van der Waals surface area (Å²) in [6.45, 7) is 2.63. The van der Waals surface area contributed by atoms with Crippen LogP contribution in [0.4, 0.5) is 4.39 Å². The third kappa shape index (κ3) is 3.52. The molecule has 3 nitrogen and oxygen atoms in total. The molecule has 1 saturated carbocycles. The van der Waals surface area contributed by atoms with E-state index in [9.17, 15) is 12.8 Å². The maximum atomic E-state index is 13.8. The van der Waals surface area contributed by atoms with E-state index in [0.717, 1.165) is 25.3 Å². The second-order valence-electron chi connectivity index (χ2n) is 5.26. The molecule has 1 aromatic rings. The van der Waals surface area contributed by atoms with Gasteiger partial charge in [0.1, 0.15) is 5.82 Å². The third-order valence-electron chi connectivity index (χ3n) is 3.90. The second-order valence-corrected chi connectivity index (χ2v) is 7.85. The van der Waals surface area contributed by atoms with Crippen LogP contribution in [-0.2, 0) is 15.9 Å². The highest BCUT2D eigenvalue weighted by Crippen LogP contribution is 2.31. The highest BCUT2D eigenvalue weighted by Gasteiger charge is 2.29. The quantitative estimate of drug-likeness (QED) is 0.724. The molecule has 7 heteroatoms. The number of sulfonamides is 1. The minimum atomic E-state index is -3.72. The lowest BCUT2D eigenvalue weighted by molar-refractivity contribution is 0.250. The van der Waals surface area contributed by atoms with Gasteiger partial charge in [0.05, 0.1) is 9.92 Å². The van der Waals surface area contributed by atoms with E-state index in [2.05, 4.69) is 0 Å². The van der Waals surface area contributed by atoms with E-state index in [4.69, 9.17) is 23.2 Å². The third-order valence-corrected chi connectivity index (χ3v) is 6.53.